The average molecular weight is 479 g/mol. The Morgan fingerprint density at radius 2 is 1.91 bits per heavy atom. The molecule has 2 aromatic heterocycles. The molecule has 7 rings (SSSR count). The number of amides is 1. The summed E-state index contributed by atoms with van der Waals surface area (Å²) in [5, 5.41) is 8.45. The molecule has 178 valence electrons. The van der Waals surface area contributed by atoms with E-state index in [0.717, 1.165) is 60.6 Å². The van der Waals surface area contributed by atoms with E-state index in [0.29, 0.717) is 16.4 Å². The SMILES string of the molecule is CCCc1nn2c(=O)cc(COc3cccc(NC(=O)C45CC6CC(CC(C6)C4)C5)c3)nc2s1. The minimum atomic E-state index is -0.196. The van der Waals surface area contributed by atoms with Crippen LogP contribution >= 0.6 is 11.3 Å². The third-order valence-electron chi connectivity index (χ3n) is 7.80. The van der Waals surface area contributed by atoms with Gasteiger partial charge in [-0.05, 0) is 74.8 Å². The van der Waals surface area contributed by atoms with E-state index in [1.54, 1.807) is 0 Å². The second-order valence-corrected chi connectivity index (χ2v) is 11.5. The molecule has 0 spiro atoms. The smallest absolute Gasteiger partial charge is 0.275 e. The average Bonchev–Trinajstić information content (AvgIpc) is 3.20. The van der Waals surface area contributed by atoms with Crippen LogP contribution in [-0.2, 0) is 17.8 Å². The van der Waals surface area contributed by atoms with Crippen LogP contribution in [0.1, 0.15) is 62.6 Å². The van der Waals surface area contributed by atoms with E-state index >= 15 is 0 Å². The maximum atomic E-state index is 13.4. The zero-order valence-electron chi connectivity index (χ0n) is 19.5. The topological polar surface area (TPSA) is 85.6 Å². The van der Waals surface area contributed by atoms with Crippen LogP contribution in [0.4, 0.5) is 5.69 Å². The molecule has 0 radical (unpaired) electrons. The summed E-state index contributed by atoms with van der Waals surface area (Å²) >= 11 is 1.44. The lowest BCUT2D eigenvalue weighted by molar-refractivity contribution is -0.140. The number of aryl methyl sites for hydroxylation is 1. The van der Waals surface area contributed by atoms with Crippen LogP contribution in [0.2, 0.25) is 0 Å². The van der Waals surface area contributed by atoms with Gasteiger partial charge in [0.2, 0.25) is 10.9 Å². The highest BCUT2D eigenvalue weighted by Crippen LogP contribution is 2.60. The van der Waals surface area contributed by atoms with Crippen LogP contribution in [-0.4, -0.2) is 20.5 Å². The van der Waals surface area contributed by atoms with Gasteiger partial charge in [-0.2, -0.15) is 9.61 Å². The minimum Gasteiger partial charge on any atom is -0.487 e. The number of hydrogen-bond donors (Lipinski definition) is 1. The maximum absolute atomic E-state index is 13.4. The first kappa shape index (κ1) is 21.8. The molecule has 0 atom stereocenters. The van der Waals surface area contributed by atoms with Gasteiger partial charge < -0.3 is 10.1 Å². The summed E-state index contributed by atoms with van der Waals surface area (Å²) in [5.41, 5.74) is 0.949. The lowest BCUT2D eigenvalue weighted by Gasteiger charge is -2.55. The molecule has 0 saturated heterocycles. The van der Waals surface area contributed by atoms with Gasteiger partial charge in [-0.25, -0.2) is 4.98 Å². The molecule has 4 saturated carbocycles. The summed E-state index contributed by atoms with van der Waals surface area (Å²) in [6.45, 7) is 2.26. The molecule has 1 amide bonds. The van der Waals surface area contributed by atoms with Gasteiger partial charge in [0.25, 0.3) is 5.56 Å². The summed E-state index contributed by atoms with van der Waals surface area (Å²) in [4.78, 5) is 30.9. The number of nitrogens with one attached hydrogen (secondary N) is 1. The van der Waals surface area contributed by atoms with E-state index in [9.17, 15) is 9.59 Å². The third kappa shape index (κ3) is 4.02. The Bertz CT molecular complexity index is 1260. The minimum absolute atomic E-state index is 0.178. The van der Waals surface area contributed by atoms with Crippen molar-refractivity contribution in [3.63, 3.8) is 0 Å². The van der Waals surface area contributed by atoms with Gasteiger partial charge in [0.05, 0.1) is 11.1 Å². The van der Waals surface area contributed by atoms with Crippen molar-refractivity contribution in [2.24, 2.45) is 23.2 Å². The van der Waals surface area contributed by atoms with Crippen molar-refractivity contribution in [3.05, 3.63) is 51.4 Å². The van der Waals surface area contributed by atoms with Gasteiger partial charge in [-0.1, -0.05) is 24.3 Å². The van der Waals surface area contributed by atoms with Crippen molar-refractivity contribution in [2.45, 2.75) is 64.9 Å². The Morgan fingerprint density at radius 3 is 2.62 bits per heavy atom. The lowest BCUT2D eigenvalue weighted by atomic mass is 9.49. The number of anilines is 1. The molecule has 3 aromatic rings. The van der Waals surface area contributed by atoms with Crippen LogP contribution in [0.25, 0.3) is 4.96 Å². The van der Waals surface area contributed by atoms with Gasteiger partial charge in [0, 0.05) is 24.2 Å². The Hall–Kier alpha value is -2.74. The van der Waals surface area contributed by atoms with Gasteiger partial charge in [-0.3, -0.25) is 9.59 Å². The molecule has 7 nitrogen and oxygen atoms in total. The molecule has 0 aliphatic heterocycles. The molecule has 1 N–H and O–H groups in total. The number of benzene rings is 1. The molecule has 4 bridgehead atoms. The van der Waals surface area contributed by atoms with Gasteiger partial charge in [0.1, 0.15) is 17.4 Å². The number of fused-ring (bicyclic) bond motifs is 1. The van der Waals surface area contributed by atoms with Crippen LogP contribution in [0.3, 0.4) is 0 Å². The molecule has 8 heteroatoms. The Morgan fingerprint density at radius 1 is 1.18 bits per heavy atom. The number of hydrogen-bond acceptors (Lipinski definition) is 6. The highest BCUT2D eigenvalue weighted by atomic mass is 32.1. The molecule has 4 aliphatic rings. The van der Waals surface area contributed by atoms with Crippen molar-refractivity contribution < 1.29 is 9.53 Å². The fourth-order valence-corrected chi connectivity index (χ4v) is 7.78. The van der Waals surface area contributed by atoms with E-state index < -0.39 is 0 Å². The predicted molar refractivity (Wildman–Crippen MR) is 131 cm³/mol. The zero-order valence-corrected chi connectivity index (χ0v) is 20.3. The van der Waals surface area contributed by atoms with Crippen LogP contribution < -0.4 is 15.6 Å². The summed E-state index contributed by atoms with van der Waals surface area (Å²) in [6, 6.07) is 8.99. The summed E-state index contributed by atoms with van der Waals surface area (Å²) < 4.78 is 7.30. The molecule has 2 heterocycles. The molecule has 4 fully saturated rings. The monoisotopic (exact) mass is 478 g/mol. The van der Waals surface area contributed by atoms with Crippen LogP contribution in [0.5, 0.6) is 5.75 Å². The summed E-state index contributed by atoms with van der Waals surface area (Å²) in [6.07, 6.45) is 8.90. The van der Waals surface area contributed by atoms with Crippen molar-refractivity contribution >= 4 is 27.9 Å². The van der Waals surface area contributed by atoms with Gasteiger partial charge in [0.15, 0.2) is 0 Å². The highest BCUT2D eigenvalue weighted by molar-refractivity contribution is 7.16. The Balaban J connectivity index is 1.14. The molecule has 0 unspecified atom stereocenters. The van der Waals surface area contributed by atoms with Crippen LogP contribution in [0.15, 0.2) is 35.1 Å². The molecule has 34 heavy (non-hydrogen) atoms. The number of nitrogens with zero attached hydrogens (tertiary/aromatic N) is 3. The zero-order chi connectivity index (χ0) is 23.3. The van der Waals surface area contributed by atoms with Crippen molar-refractivity contribution in [3.8, 4) is 5.75 Å². The number of rotatable bonds is 7. The van der Waals surface area contributed by atoms with Crippen molar-refractivity contribution in [1.82, 2.24) is 14.6 Å². The fourth-order valence-electron chi connectivity index (χ4n) is 6.76. The first-order valence-corrected chi connectivity index (χ1v) is 13.2. The van der Waals surface area contributed by atoms with E-state index in [2.05, 4.69) is 22.3 Å². The second-order valence-electron chi connectivity index (χ2n) is 10.5. The number of carbonyl (C=O) groups excluding carboxylic acids is 1. The first-order chi connectivity index (χ1) is 16.5. The van der Waals surface area contributed by atoms with E-state index in [1.807, 2.05) is 24.3 Å². The van der Waals surface area contributed by atoms with E-state index in [4.69, 9.17) is 4.74 Å². The Kier molecular flexibility index (Phi) is 5.43. The van der Waals surface area contributed by atoms with E-state index in [-0.39, 0.29) is 23.5 Å². The second kappa shape index (κ2) is 8.48. The quantitative estimate of drug-likeness (QED) is 0.525. The summed E-state index contributed by atoms with van der Waals surface area (Å²) in [7, 11) is 0. The van der Waals surface area contributed by atoms with Crippen molar-refractivity contribution in [1.29, 1.82) is 0 Å². The molecular formula is C26H30N4O3S. The predicted octanol–water partition coefficient (Wildman–Crippen LogP) is 4.84. The normalized spacial score (nSPS) is 27.3. The van der Waals surface area contributed by atoms with Gasteiger partial charge >= 0.3 is 0 Å². The maximum Gasteiger partial charge on any atom is 0.275 e. The highest BCUT2D eigenvalue weighted by Gasteiger charge is 2.54. The molecular weight excluding hydrogens is 448 g/mol. The fraction of sp³-hybridized carbons (Fsp3) is 0.538. The standard InChI is InChI=1S/C26H30N4O3S/c1-2-4-22-29-30-23(31)11-20(28-25(30)34-22)15-33-21-6-3-5-19(10-21)27-24(32)26-12-16-7-17(13-26)9-18(8-16)14-26/h3,5-6,10-11,16-18H,2,4,7-9,12-15H2,1H3,(H,27,32). The number of aromatic nitrogens is 3. The van der Waals surface area contributed by atoms with E-state index in [1.165, 1.54) is 41.2 Å². The molecule has 4 aliphatic carbocycles. The van der Waals surface area contributed by atoms with Gasteiger partial charge in [-0.15, -0.1) is 0 Å². The number of carbonyl (C=O) groups is 1. The number of ether oxygens (including phenoxy) is 1. The first-order valence-electron chi connectivity index (χ1n) is 12.4. The Labute approximate surface area is 202 Å². The van der Waals surface area contributed by atoms with Crippen molar-refractivity contribution in [2.75, 3.05) is 5.32 Å². The third-order valence-corrected chi connectivity index (χ3v) is 8.77. The van der Waals surface area contributed by atoms with Crippen LogP contribution in [0, 0.1) is 23.2 Å². The summed E-state index contributed by atoms with van der Waals surface area (Å²) in [5.74, 6) is 3.02. The molecule has 1 aromatic carbocycles. The lowest BCUT2D eigenvalue weighted by Crippen LogP contribution is -2.51. The largest absolute Gasteiger partial charge is 0.487 e.